The summed E-state index contributed by atoms with van der Waals surface area (Å²) in [4.78, 5) is 12.3. The largest absolute Gasteiger partial charge is 0.378 e. The second-order valence-electron chi connectivity index (χ2n) is 5.37. The Hall–Kier alpha value is -2.61. The van der Waals surface area contributed by atoms with Gasteiger partial charge in [0.1, 0.15) is 10.6 Å². The molecule has 0 heterocycles. The average Bonchev–Trinajstić information content (AvgIpc) is 2.54. The third kappa shape index (κ3) is 4.23. The lowest BCUT2D eigenvalue weighted by atomic mass is 10.2. The van der Waals surface area contributed by atoms with Crippen LogP contribution >= 0.6 is 0 Å². The highest BCUT2D eigenvalue weighted by Gasteiger charge is 2.25. The van der Waals surface area contributed by atoms with E-state index in [0.29, 0.717) is 13.1 Å². The van der Waals surface area contributed by atoms with E-state index in [9.17, 15) is 18.5 Å². The summed E-state index contributed by atoms with van der Waals surface area (Å²) < 4.78 is 23.5. The molecule has 0 saturated heterocycles. The van der Waals surface area contributed by atoms with Gasteiger partial charge >= 0.3 is 5.69 Å². The second kappa shape index (κ2) is 7.31. The Morgan fingerprint density at radius 1 is 1.12 bits per heavy atom. The molecule has 128 valence electrons. The van der Waals surface area contributed by atoms with Crippen molar-refractivity contribution in [3.8, 4) is 0 Å². The molecule has 2 aromatic carbocycles. The molecule has 0 unspecified atom stereocenters. The molecule has 0 bridgehead atoms. The van der Waals surface area contributed by atoms with Gasteiger partial charge in [0.15, 0.2) is 9.84 Å². The number of likely N-dealkylation sites (N-methyl/N-ethyl adjacent to an activating group) is 1. The molecule has 0 aliphatic carbocycles. The molecule has 24 heavy (non-hydrogen) atoms. The van der Waals surface area contributed by atoms with Gasteiger partial charge in [0.2, 0.25) is 0 Å². The average molecular weight is 349 g/mol. The van der Waals surface area contributed by atoms with Crippen molar-refractivity contribution in [2.45, 2.75) is 4.90 Å². The lowest BCUT2D eigenvalue weighted by Gasteiger charge is -2.19. The number of nitro benzene ring substituents is 1. The number of para-hydroxylation sites is 2. The molecule has 0 aliphatic heterocycles. The molecule has 2 aromatic rings. The van der Waals surface area contributed by atoms with Crippen molar-refractivity contribution >= 4 is 26.9 Å². The molecule has 0 atom stereocenters. The van der Waals surface area contributed by atoms with E-state index in [1.54, 1.807) is 0 Å². The third-order valence-corrected chi connectivity index (χ3v) is 4.67. The molecule has 0 saturated carbocycles. The second-order valence-corrected chi connectivity index (χ2v) is 7.35. The minimum atomic E-state index is -3.68. The Labute approximate surface area is 141 Å². The van der Waals surface area contributed by atoms with Crippen molar-refractivity contribution in [2.75, 3.05) is 36.6 Å². The van der Waals surface area contributed by atoms with Crippen LogP contribution in [0.1, 0.15) is 0 Å². The molecule has 0 amide bonds. The van der Waals surface area contributed by atoms with Crippen LogP contribution in [0.25, 0.3) is 0 Å². The Morgan fingerprint density at radius 3 is 2.38 bits per heavy atom. The van der Waals surface area contributed by atoms with Gasteiger partial charge in [0.25, 0.3) is 0 Å². The van der Waals surface area contributed by atoms with Gasteiger partial charge in [-0.25, -0.2) is 8.42 Å². The van der Waals surface area contributed by atoms with Gasteiger partial charge in [0.05, 0.1) is 4.92 Å². The van der Waals surface area contributed by atoms with E-state index in [4.69, 9.17) is 0 Å². The summed E-state index contributed by atoms with van der Waals surface area (Å²) in [6.07, 6.45) is 0.961. The number of nitro groups is 1. The van der Waals surface area contributed by atoms with Crippen molar-refractivity contribution in [3.63, 3.8) is 0 Å². The first-order valence-corrected chi connectivity index (χ1v) is 9.17. The molecule has 0 spiro atoms. The standard InChI is InChI=1S/C16H19N3O4S/c1-18(13-7-4-3-5-8-13)12-11-17-14-9-6-10-15(24(2,22)23)16(14)19(20)21/h3-10,17H,11-12H2,1-2H3. The van der Waals surface area contributed by atoms with Gasteiger partial charge in [-0.1, -0.05) is 24.3 Å². The van der Waals surface area contributed by atoms with Gasteiger partial charge in [-0.15, -0.1) is 0 Å². The fourth-order valence-corrected chi connectivity index (χ4v) is 3.18. The summed E-state index contributed by atoms with van der Waals surface area (Å²) in [5, 5.41) is 14.3. The monoisotopic (exact) mass is 349 g/mol. The topological polar surface area (TPSA) is 92.6 Å². The minimum absolute atomic E-state index is 0.199. The first-order valence-electron chi connectivity index (χ1n) is 7.28. The summed E-state index contributed by atoms with van der Waals surface area (Å²) in [6, 6.07) is 14.0. The summed E-state index contributed by atoms with van der Waals surface area (Å²) in [6.45, 7) is 1.03. The number of sulfone groups is 1. The van der Waals surface area contributed by atoms with Crippen molar-refractivity contribution in [2.24, 2.45) is 0 Å². The van der Waals surface area contributed by atoms with E-state index >= 15 is 0 Å². The first-order chi connectivity index (χ1) is 11.3. The molecule has 0 aromatic heterocycles. The lowest BCUT2D eigenvalue weighted by molar-refractivity contribution is -0.386. The molecule has 0 aliphatic rings. The molecule has 7 nitrogen and oxygen atoms in total. The van der Waals surface area contributed by atoms with Crippen LogP contribution in [-0.4, -0.2) is 39.7 Å². The maximum Gasteiger partial charge on any atom is 0.310 e. The molecule has 1 N–H and O–H groups in total. The van der Waals surface area contributed by atoms with Crippen LogP contribution in [0.3, 0.4) is 0 Å². The quantitative estimate of drug-likeness (QED) is 0.610. The number of nitrogens with zero attached hydrogens (tertiary/aromatic N) is 2. The normalized spacial score (nSPS) is 11.1. The van der Waals surface area contributed by atoms with Gasteiger partial charge in [-0.3, -0.25) is 10.1 Å². The van der Waals surface area contributed by atoms with Crippen LogP contribution in [0.2, 0.25) is 0 Å². The van der Waals surface area contributed by atoms with Crippen LogP contribution in [0.5, 0.6) is 0 Å². The molecule has 2 rings (SSSR count). The lowest BCUT2D eigenvalue weighted by Crippen LogP contribution is -2.24. The number of benzene rings is 2. The number of nitrogens with one attached hydrogen (secondary N) is 1. The molecular formula is C16H19N3O4S. The molecule has 0 fully saturated rings. The van der Waals surface area contributed by atoms with Crippen LogP contribution < -0.4 is 10.2 Å². The van der Waals surface area contributed by atoms with E-state index in [1.165, 1.54) is 18.2 Å². The minimum Gasteiger partial charge on any atom is -0.378 e. The Balaban J connectivity index is 2.14. The predicted molar refractivity (Wildman–Crippen MR) is 94.4 cm³/mol. The fraction of sp³-hybridized carbons (Fsp3) is 0.250. The van der Waals surface area contributed by atoms with E-state index in [1.807, 2.05) is 42.3 Å². The maximum absolute atomic E-state index is 11.7. The van der Waals surface area contributed by atoms with Gasteiger partial charge < -0.3 is 10.2 Å². The Morgan fingerprint density at radius 2 is 1.79 bits per heavy atom. The zero-order chi connectivity index (χ0) is 17.7. The number of hydrogen-bond donors (Lipinski definition) is 1. The Kier molecular flexibility index (Phi) is 5.40. The van der Waals surface area contributed by atoms with Crippen molar-refractivity contribution in [1.82, 2.24) is 0 Å². The van der Waals surface area contributed by atoms with Crippen LogP contribution in [-0.2, 0) is 9.84 Å². The highest BCUT2D eigenvalue weighted by molar-refractivity contribution is 7.90. The number of hydrogen-bond acceptors (Lipinski definition) is 6. The van der Waals surface area contributed by atoms with E-state index in [0.717, 1.165) is 11.9 Å². The number of rotatable bonds is 7. The van der Waals surface area contributed by atoms with E-state index in [-0.39, 0.29) is 10.6 Å². The van der Waals surface area contributed by atoms with Crippen molar-refractivity contribution < 1.29 is 13.3 Å². The summed E-state index contributed by atoms with van der Waals surface area (Å²) in [7, 11) is -1.76. The zero-order valence-electron chi connectivity index (χ0n) is 13.5. The van der Waals surface area contributed by atoms with E-state index in [2.05, 4.69) is 5.32 Å². The van der Waals surface area contributed by atoms with Crippen LogP contribution in [0.4, 0.5) is 17.1 Å². The molecular weight excluding hydrogens is 330 g/mol. The fourth-order valence-electron chi connectivity index (χ4n) is 2.32. The van der Waals surface area contributed by atoms with Crippen molar-refractivity contribution in [1.29, 1.82) is 0 Å². The number of anilines is 2. The zero-order valence-corrected chi connectivity index (χ0v) is 14.3. The van der Waals surface area contributed by atoms with Gasteiger partial charge in [-0.05, 0) is 24.3 Å². The summed E-state index contributed by atoms with van der Waals surface area (Å²) in [5.41, 5.74) is 0.811. The smallest absolute Gasteiger partial charge is 0.310 e. The third-order valence-electron chi connectivity index (χ3n) is 3.54. The highest BCUT2D eigenvalue weighted by atomic mass is 32.2. The SMILES string of the molecule is CN(CCNc1cccc(S(C)(=O)=O)c1[N+](=O)[O-])c1ccccc1. The van der Waals surface area contributed by atoms with Crippen LogP contribution in [0.15, 0.2) is 53.4 Å². The molecule has 8 heteroatoms. The summed E-state index contributed by atoms with van der Waals surface area (Å²) >= 11 is 0. The highest BCUT2D eigenvalue weighted by Crippen LogP contribution is 2.31. The van der Waals surface area contributed by atoms with E-state index < -0.39 is 20.4 Å². The first kappa shape index (κ1) is 17.7. The molecule has 0 radical (unpaired) electrons. The van der Waals surface area contributed by atoms with Crippen molar-refractivity contribution in [3.05, 3.63) is 58.6 Å². The maximum atomic E-state index is 11.7. The predicted octanol–water partition coefficient (Wildman–Crippen LogP) is 2.55. The van der Waals surface area contributed by atoms with Gasteiger partial charge in [-0.2, -0.15) is 0 Å². The van der Waals surface area contributed by atoms with Crippen LogP contribution in [0, 0.1) is 10.1 Å². The summed E-state index contributed by atoms with van der Waals surface area (Å²) in [5.74, 6) is 0. The Bertz CT molecular complexity index is 822. The van der Waals surface area contributed by atoms with Gasteiger partial charge in [0, 0.05) is 32.1 Å².